The lowest BCUT2D eigenvalue weighted by Crippen LogP contribution is -2.15. The minimum atomic E-state index is -0.559. The van der Waals surface area contributed by atoms with Crippen LogP contribution in [0.3, 0.4) is 0 Å². The molecule has 0 saturated heterocycles. The summed E-state index contributed by atoms with van der Waals surface area (Å²) in [5.74, 6) is -0.346. The second kappa shape index (κ2) is 6.19. The summed E-state index contributed by atoms with van der Waals surface area (Å²) >= 11 is 5.91. The molecule has 0 unspecified atom stereocenters. The third kappa shape index (κ3) is 3.09. The van der Waals surface area contributed by atoms with Crippen LogP contribution in [0, 0.1) is 10.1 Å². The zero-order valence-electron chi connectivity index (χ0n) is 11.0. The number of nitrogens with zero attached hydrogens (tertiary/aromatic N) is 2. The lowest BCUT2D eigenvalue weighted by Gasteiger charge is -2.10. The smallest absolute Gasteiger partial charge is 0.293 e. The first-order valence-electron chi connectivity index (χ1n) is 5.91. The second-order valence-corrected chi connectivity index (χ2v) is 4.40. The highest BCUT2D eigenvalue weighted by Gasteiger charge is 2.21. The maximum Gasteiger partial charge on any atom is 0.293 e. The molecule has 108 valence electrons. The molecule has 1 aromatic heterocycles. The number of para-hydroxylation sites is 1. The SMILES string of the molecule is CNc1c(C(=O)Nc2ncccc2Cl)cccc1[N+](=O)[O-]. The van der Waals surface area contributed by atoms with E-state index in [1.165, 1.54) is 31.4 Å². The summed E-state index contributed by atoms with van der Waals surface area (Å²) in [6.07, 6.45) is 1.48. The van der Waals surface area contributed by atoms with Crippen LogP contribution in [0.25, 0.3) is 0 Å². The molecular weight excluding hydrogens is 296 g/mol. The molecule has 0 aliphatic carbocycles. The summed E-state index contributed by atoms with van der Waals surface area (Å²) in [5, 5.41) is 16.4. The van der Waals surface area contributed by atoms with Crippen molar-refractivity contribution in [3.05, 3.63) is 57.2 Å². The monoisotopic (exact) mass is 306 g/mol. The molecule has 0 saturated carbocycles. The van der Waals surface area contributed by atoms with Crippen molar-refractivity contribution in [2.75, 3.05) is 17.7 Å². The first-order chi connectivity index (χ1) is 10.0. The minimum absolute atomic E-state index is 0.132. The summed E-state index contributed by atoms with van der Waals surface area (Å²) in [7, 11) is 1.51. The van der Waals surface area contributed by atoms with E-state index in [-0.39, 0.29) is 27.8 Å². The van der Waals surface area contributed by atoms with Gasteiger partial charge >= 0.3 is 0 Å². The third-order valence-electron chi connectivity index (χ3n) is 2.72. The highest BCUT2D eigenvalue weighted by molar-refractivity contribution is 6.33. The number of pyridine rings is 1. The first kappa shape index (κ1) is 14.7. The first-order valence-corrected chi connectivity index (χ1v) is 6.29. The number of rotatable bonds is 4. The van der Waals surface area contributed by atoms with E-state index in [0.717, 1.165) is 0 Å². The van der Waals surface area contributed by atoms with Crippen molar-refractivity contribution in [1.82, 2.24) is 4.98 Å². The molecule has 8 heteroatoms. The number of hydrogen-bond acceptors (Lipinski definition) is 5. The zero-order chi connectivity index (χ0) is 15.4. The number of nitrogens with one attached hydrogen (secondary N) is 2. The normalized spacial score (nSPS) is 10.0. The molecule has 2 rings (SSSR count). The summed E-state index contributed by atoms with van der Waals surface area (Å²) in [4.78, 5) is 26.6. The fourth-order valence-corrected chi connectivity index (χ4v) is 1.97. The predicted molar refractivity (Wildman–Crippen MR) is 79.8 cm³/mol. The Balaban J connectivity index is 2.38. The van der Waals surface area contributed by atoms with Gasteiger partial charge in [0.1, 0.15) is 5.69 Å². The molecule has 0 fully saturated rings. The summed E-state index contributed by atoms with van der Waals surface area (Å²) in [5.41, 5.74) is 0.0812. The average molecular weight is 307 g/mol. The van der Waals surface area contributed by atoms with Crippen LogP contribution in [0.5, 0.6) is 0 Å². The van der Waals surface area contributed by atoms with Crippen LogP contribution in [-0.4, -0.2) is 22.9 Å². The molecule has 1 heterocycles. The summed E-state index contributed by atoms with van der Waals surface area (Å²) < 4.78 is 0. The van der Waals surface area contributed by atoms with E-state index in [0.29, 0.717) is 0 Å². The summed E-state index contributed by atoms with van der Waals surface area (Å²) in [6, 6.07) is 7.44. The van der Waals surface area contributed by atoms with E-state index in [9.17, 15) is 14.9 Å². The van der Waals surface area contributed by atoms with Gasteiger partial charge in [-0.25, -0.2) is 4.98 Å². The lowest BCUT2D eigenvalue weighted by molar-refractivity contribution is -0.384. The van der Waals surface area contributed by atoms with Gasteiger partial charge < -0.3 is 10.6 Å². The number of nitro groups is 1. The molecule has 2 aromatic rings. The highest BCUT2D eigenvalue weighted by Crippen LogP contribution is 2.28. The standard InChI is InChI=1S/C13H11ClN4O3/c1-15-11-8(4-2-6-10(11)18(20)21)13(19)17-12-9(14)5-3-7-16-12/h2-7,15H,1H3,(H,16,17,19). The Labute approximate surface area is 125 Å². The van der Waals surface area contributed by atoms with E-state index in [1.54, 1.807) is 12.1 Å². The van der Waals surface area contributed by atoms with Gasteiger partial charge in [-0.05, 0) is 18.2 Å². The highest BCUT2D eigenvalue weighted by atomic mass is 35.5. The molecule has 0 aliphatic heterocycles. The summed E-state index contributed by atoms with van der Waals surface area (Å²) in [6.45, 7) is 0. The van der Waals surface area contributed by atoms with Crippen LogP contribution in [0.15, 0.2) is 36.5 Å². The maximum atomic E-state index is 12.2. The fraction of sp³-hybridized carbons (Fsp3) is 0.0769. The number of nitro benzene ring substituents is 1. The maximum absolute atomic E-state index is 12.2. The largest absolute Gasteiger partial charge is 0.382 e. The Morgan fingerprint density at radius 2 is 2.10 bits per heavy atom. The van der Waals surface area contributed by atoms with E-state index >= 15 is 0 Å². The minimum Gasteiger partial charge on any atom is -0.382 e. The van der Waals surface area contributed by atoms with Crippen LogP contribution >= 0.6 is 11.6 Å². The Morgan fingerprint density at radius 3 is 2.71 bits per heavy atom. The van der Waals surface area contributed by atoms with Crippen LogP contribution in [0.4, 0.5) is 17.2 Å². The van der Waals surface area contributed by atoms with Gasteiger partial charge in [0.15, 0.2) is 5.82 Å². The average Bonchev–Trinajstić information content (AvgIpc) is 2.48. The number of halogens is 1. The quantitative estimate of drug-likeness (QED) is 0.668. The van der Waals surface area contributed by atoms with Gasteiger partial charge in [-0.15, -0.1) is 0 Å². The number of carbonyl (C=O) groups excluding carboxylic acids is 1. The Hall–Kier alpha value is -2.67. The Bertz CT molecular complexity index is 706. The molecule has 0 aliphatic rings. The van der Waals surface area contributed by atoms with Gasteiger partial charge in [0.25, 0.3) is 11.6 Å². The Morgan fingerprint density at radius 1 is 1.33 bits per heavy atom. The molecule has 0 radical (unpaired) electrons. The predicted octanol–water partition coefficient (Wildman–Crippen LogP) is 2.94. The van der Waals surface area contributed by atoms with Crippen LogP contribution in [-0.2, 0) is 0 Å². The third-order valence-corrected chi connectivity index (χ3v) is 3.03. The number of carbonyl (C=O) groups is 1. The van der Waals surface area contributed by atoms with Gasteiger partial charge in [0.2, 0.25) is 0 Å². The van der Waals surface area contributed by atoms with Crippen molar-refractivity contribution in [3.63, 3.8) is 0 Å². The number of benzene rings is 1. The van der Waals surface area contributed by atoms with Crippen molar-refractivity contribution < 1.29 is 9.72 Å². The molecule has 1 amide bonds. The van der Waals surface area contributed by atoms with Crippen molar-refractivity contribution in [2.24, 2.45) is 0 Å². The molecule has 2 N–H and O–H groups in total. The van der Waals surface area contributed by atoms with Crippen molar-refractivity contribution >= 4 is 34.7 Å². The number of anilines is 2. The van der Waals surface area contributed by atoms with Gasteiger partial charge in [-0.3, -0.25) is 14.9 Å². The second-order valence-electron chi connectivity index (χ2n) is 3.99. The van der Waals surface area contributed by atoms with Crippen LogP contribution in [0.2, 0.25) is 5.02 Å². The van der Waals surface area contributed by atoms with Gasteiger partial charge in [-0.1, -0.05) is 17.7 Å². The fourth-order valence-electron chi connectivity index (χ4n) is 1.80. The Kier molecular flexibility index (Phi) is 4.34. The van der Waals surface area contributed by atoms with E-state index in [4.69, 9.17) is 11.6 Å². The molecular formula is C13H11ClN4O3. The lowest BCUT2D eigenvalue weighted by atomic mass is 10.1. The molecule has 0 spiro atoms. The van der Waals surface area contributed by atoms with Crippen molar-refractivity contribution in [1.29, 1.82) is 0 Å². The van der Waals surface area contributed by atoms with E-state index in [1.807, 2.05) is 0 Å². The molecule has 21 heavy (non-hydrogen) atoms. The molecule has 1 aromatic carbocycles. The molecule has 7 nitrogen and oxygen atoms in total. The number of hydrogen-bond donors (Lipinski definition) is 2. The molecule has 0 bridgehead atoms. The topological polar surface area (TPSA) is 97.2 Å². The van der Waals surface area contributed by atoms with Crippen LogP contribution < -0.4 is 10.6 Å². The van der Waals surface area contributed by atoms with Gasteiger partial charge in [0.05, 0.1) is 15.5 Å². The number of amides is 1. The van der Waals surface area contributed by atoms with Gasteiger partial charge in [0, 0.05) is 19.3 Å². The van der Waals surface area contributed by atoms with E-state index < -0.39 is 10.8 Å². The van der Waals surface area contributed by atoms with Gasteiger partial charge in [-0.2, -0.15) is 0 Å². The molecule has 0 atom stereocenters. The van der Waals surface area contributed by atoms with E-state index in [2.05, 4.69) is 15.6 Å². The van der Waals surface area contributed by atoms with Crippen molar-refractivity contribution in [3.8, 4) is 0 Å². The zero-order valence-corrected chi connectivity index (χ0v) is 11.7. The van der Waals surface area contributed by atoms with Crippen molar-refractivity contribution in [2.45, 2.75) is 0 Å². The number of aromatic nitrogens is 1. The van der Waals surface area contributed by atoms with Crippen LogP contribution in [0.1, 0.15) is 10.4 Å².